The Hall–Kier alpha value is -1.26. The van der Waals surface area contributed by atoms with Gasteiger partial charge in [-0.25, -0.2) is 0 Å². The van der Waals surface area contributed by atoms with Crippen LogP contribution in [0, 0.1) is 5.41 Å². The Bertz CT molecular complexity index is 465. The topological polar surface area (TPSA) is 56.4 Å². The van der Waals surface area contributed by atoms with Crippen LogP contribution in [-0.4, -0.2) is 44.0 Å². The second-order valence-electron chi connectivity index (χ2n) is 5.26. The van der Waals surface area contributed by atoms with Crippen LogP contribution in [0.4, 0.5) is 5.69 Å². The molecule has 1 aliphatic rings. The van der Waals surface area contributed by atoms with Crippen molar-refractivity contribution in [1.82, 2.24) is 4.90 Å². The van der Waals surface area contributed by atoms with Crippen LogP contribution in [0.1, 0.15) is 18.4 Å². The number of halogens is 1. The number of anilines is 1. The molecule has 1 heterocycles. The van der Waals surface area contributed by atoms with Crippen molar-refractivity contribution in [2.24, 2.45) is 5.73 Å². The van der Waals surface area contributed by atoms with E-state index in [4.69, 9.17) is 22.7 Å². The first-order chi connectivity index (χ1) is 8.99. The molecule has 5 heteroatoms. The number of amidine groups is 1. The third-order valence-electron chi connectivity index (χ3n) is 3.78. The van der Waals surface area contributed by atoms with Gasteiger partial charge in [0.25, 0.3) is 0 Å². The number of nitrogens with one attached hydrogen (secondary N) is 1. The van der Waals surface area contributed by atoms with Crippen molar-refractivity contribution >= 4 is 23.1 Å². The van der Waals surface area contributed by atoms with Gasteiger partial charge in [-0.3, -0.25) is 5.41 Å². The first-order valence-corrected chi connectivity index (χ1v) is 6.92. The van der Waals surface area contributed by atoms with E-state index < -0.39 is 0 Å². The summed E-state index contributed by atoms with van der Waals surface area (Å²) in [4.78, 5) is 4.58. The zero-order chi connectivity index (χ0) is 14.0. The molecular formula is C14H21ClN4. The second kappa shape index (κ2) is 5.80. The summed E-state index contributed by atoms with van der Waals surface area (Å²) < 4.78 is 0. The van der Waals surface area contributed by atoms with Gasteiger partial charge in [0, 0.05) is 35.4 Å². The maximum Gasteiger partial charge on any atom is 0.124 e. The van der Waals surface area contributed by atoms with E-state index in [1.165, 1.54) is 0 Å². The molecule has 0 unspecified atom stereocenters. The van der Waals surface area contributed by atoms with Gasteiger partial charge in [-0.2, -0.15) is 0 Å². The molecule has 104 valence electrons. The molecule has 1 aliphatic heterocycles. The zero-order valence-electron chi connectivity index (χ0n) is 11.5. The summed E-state index contributed by atoms with van der Waals surface area (Å²) in [5, 5.41) is 8.31. The molecule has 2 rings (SSSR count). The van der Waals surface area contributed by atoms with Gasteiger partial charge in [0.1, 0.15) is 5.84 Å². The summed E-state index contributed by atoms with van der Waals surface area (Å²) in [5.74, 6) is 0.0761. The van der Waals surface area contributed by atoms with Crippen molar-refractivity contribution in [2.45, 2.75) is 18.9 Å². The molecule has 0 bridgehead atoms. The average molecular weight is 281 g/mol. The van der Waals surface area contributed by atoms with E-state index in [0.717, 1.165) is 37.2 Å². The fourth-order valence-electron chi connectivity index (χ4n) is 2.62. The Labute approximate surface area is 119 Å². The number of hydrogen-bond acceptors (Lipinski definition) is 3. The van der Waals surface area contributed by atoms with Gasteiger partial charge in [0.05, 0.1) is 0 Å². The highest BCUT2D eigenvalue weighted by Gasteiger charge is 2.22. The first kappa shape index (κ1) is 14.2. The van der Waals surface area contributed by atoms with E-state index in [1.54, 1.807) is 6.07 Å². The van der Waals surface area contributed by atoms with E-state index in [0.29, 0.717) is 11.1 Å². The molecule has 0 saturated carbocycles. The van der Waals surface area contributed by atoms with E-state index in [2.05, 4.69) is 23.9 Å². The Morgan fingerprint density at radius 3 is 2.53 bits per heavy atom. The van der Waals surface area contributed by atoms with Crippen molar-refractivity contribution in [3.8, 4) is 0 Å². The molecule has 19 heavy (non-hydrogen) atoms. The van der Waals surface area contributed by atoms with Gasteiger partial charge in [-0.1, -0.05) is 11.6 Å². The third-order valence-corrected chi connectivity index (χ3v) is 4.02. The Morgan fingerprint density at radius 1 is 1.37 bits per heavy atom. The molecule has 4 nitrogen and oxygen atoms in total. The van der Waals surface area contributed by atoms with Crippen LogP contribution < -0.4 is 10.6 Å². The maximum absolute atomic E-state index is 7.68. The van der Waals surface area contributed by atoms with E-state index in [1.807, 2.05) is 12.1 Å². The van der Waals surface area contributed by atoms with Gasteiger partial charge in [-0.05, 0) is 45.1 Å². The minimum atomic E-state index is 0.0761. The molecule has 0 aromatic heterocycles. The van der Waals surface area contributed by atoms with Crippen LogP contribution >= 0.6 is 11.6 Å². The predicted molar refractivity (Wildman–Crippen MR) is 81.4 cm³/mol. The highest BCUT2D eigenvalue weighted by molar-refractivity contribution is 6.31. The highest BCUT2D eigenvalue weighted by Crippen LogP contribution is 2.27. The molecule has 0 amide bonds. The van der Waals surface area contributed by atoms with Gasteiger partial charge in [0.2, 0.25) is 0 Å². The van der Waals surface area contributed by atoms with E-state index >= 15 is 0 Å². The number of nitrogens with zero attached hydrogens (tertiary/aromatic N) is 2. The molecule has 1 aromatic rings. The van der Waals surface area contributed by atoms with Crippen LogP contribution in [0.2, 0.25) is 5.02 Å². The minimum Gasteiger partial charge on any atom is -0.384 e. The lowest BCUT2D eigenvalue weighted by Gasteiger charge is -2.37. The summed E-state index contributed by atoms with van der Waals surface area (Å²) in [6.07, 6.45) is 2.26. The smallest absolute Gasteiger partial charge is 0.124 e. The predicted octanol–water partition coefficient (Wildman–Crippen LogP) is 2.15. The summed E-state index contributed by atoms with van der Waals surface area (Å²) in [6.45, 7) is 1.98. The molecular weight excluding hydrogens is 260 g/mol. The summed E-state index contributed by atoms with van der Waals surface area (Å²) in [7, 11) is 4.26. The standard InChI is InChI=1S/C14H21ClN4/c1-18(2)11-5-7-19(8-6-11)13-4-3-10(15)9-12(13)14(16)17/h3-4,9,11H,5-8H2,1-2H3,(H3,16,17). The summed E-state index contributed by atoms with van der Waals surface area (Å²) in [6, 6.07) is 6.25. The van der Waals surface area contributed by atoms with E-state index in [-0.39, 0.29) is 5.84 Å². The monoisotopic (exact) mass is 280 g/mol. The second-order valence-corrected chi connectivity index (χ2v) is 5.69. The largest absolute Gasteiger partial charge is 0.384 e. The van der Waals surface area contributed by atoms with E-state index in [9.17, 15) is 0 Å². The Balaban J connectivity index is 2.17. The summed E-state index contributed by atoms with van der Waals surface area (Å²) >= 11 is 5.99. The van der Waals surface area contributed by atoms with Crippen molar-refractivity contribution in [3.05, 3.63) is 28.8 Å². The molecule has 1 saturated heterocycles. The number of nitrogen functional groups attached to an aromatic ring is 1. The number of hydrogen-bond donors (Lipinski definition) is 2. The molecule has 1 aromatic carbocycles. The lowest BCUT2D eigenvalue weighted by molar-refractivity contribution is 0.249. The van der Waals surface area contributed by atoms with Gasteiger partial charge >= 0.3 is 0 Å². The fraction of sp³-hybridized carbons (Fsp3) is 0.500. The lowest BCUT2D eigenvalue weighted by Crippen LogP contribution is -2.42. The van der Waals surface area contributed by atoms with Gasteiger partial charge < -0.3 is 15.5 Å². The minimum absolute atomic E-state index is 0.0761. The molecule has 1 fully saturated rings. The highest BCUT2D eigenvalue weighted by atomic mass is 35.5. The lowest BCUT2D eigenvalue weighted by atomic mass is 10.0. The number of nitrogens with two attached hydrogens (primary N) is 1. The van der Waals surface area contributed by atoms with Crippen LogP contribution in [0.25, 0.3) is 0 Å². The summed E-state index contributed by atoms with van der Waals surface area (Å²) in [5.41, 5.74) is 7.41. The molecule has 0 radical (unpaired) electrons. The van der Waals surface area contributed by atoms with Crippen LogP contribution in [0.15, 0.2) is 18.2 Å². The average Bonchev–Trinajstić information content (AvgIpc) is 2.38. The van der Waals surface area contributed by atoms with Crippen LogP contribution in [-0.2, 0) is 0 Å². The normalized spacial score (nSPS) is 16.9. The number of rotatable bonds is 3. The van der Waals surface area contributed by atoms with Gasteiger partial charge in [0.15, 0.2) is 0 Å². The molecule has 3 N–H and O–H groups in total. The van der Waals surface area contributed by atoms with Crippen molar-refractivity contribution in [3.63, 3.8) is 0 Å². The molecule has 0 atom stereocenters. The fourth-order valence-corrected chi connectivity index (χ4v) is 2.80. The van der Waals surface area contributed by atoms with Crippen molar-refractivity contribution in [1.29, 1.82) is 5.41 Å². The first-order valence-electron chi connectivity index (χ1n) is 6.54. The van der Waals surface area contributed by atoms with Gasteiger partial charge in [-0.15, -0.1) is 0 Å². The van der Waals surface area contributed by atoms with Crippen LogP contribution in [0.5, 0.6) is 0 Å². The number of benzene rings is 1. The third kappa shape index (κ3) is 3.19. The number of piperidine rings is 1. The van der Waals surface area contributed by atoms with Crippen molar-refractivity contribution in [2.75, 3.05) is 32.1 Å². The Morgan fingerprint density at radius 2 is 2.00 bits per heavy atom. The molecule has 0 spiro atoms. The SMILES string of the molecule is CN(C)C1CCN(c2ccc(Cl)cc2C(=N)N)CC1. The maximum atomic E-state index is 7.68. The Kier molecular flexibility index (Phi) is 4.32. The van der Waals surface area contributed by atoms with Crippen LogP contribution in [0.3, 0.4) is 0 Å². The zero-order valence-corrected chi connectivity index (χ0v) is 12.2. The van der Waals surface area contributed by atoms with Crippen molar-refractivity contribution < 1.29 is 0 Å². The molecule has 0 aliphatic carbocycles. The quantitative estimate of drug-likeness (QED) is 0.659.